The molecular formula is C9H9F3O2S. The van der Waals surface area contributed by atoms with E-state index in [4.69, 9.17) is 0 Å². The molecule has 0 saturated heterocycles. The molecule has 1 rings (SSSR count). The summed E-state index contributed by atoms with van der Waals surface area (Å²) >= 11 is 0.983. The van der Waals surface area contributed by atoms with E-state index in [1.54, 1.807) is 5.38 Å². The molecule has 84 valence electrons. The van der Waals surface area contributed by atoms with Gasteiger partial charge in [0.25, 0.3) is 0 Å². The van der Waals surface area contributed by atoms with Crippen LogP contribution in [0.2, 0.25) is 0 Å². The lowest BCUT2D eigenvalue weighted by Gasteiger charge is -2.17. The summed E-state index contributed by atoms with van der Waals surface area (Å²) in [6.07, 6.45) is -5.08. The third-order valence-electron chi connectivity index (χ3n) is 1.88. The number of carbonyl (C=O) groups excluding carboxylic acids is 1. The van der Waals surface area contributed by atoms with E-state index in [0.717, 1.165) is 18.4 Å². The fourth-order valence-electron chi connectivity index (χ4n) is 1.12. The minimum absolute atomic E-state index is 0.132. The zero-order valence-corrected chi connectivity index (χ0v) is 8.69. The van der Waals surface area contributed by atoms with Crippen molar-refractivity contribution in [2.24, 2.45) is 0 Å². The van der Waals surface area contributed by atoms with E-state index < -0.39 is 24.5 Å². The lowest BCUT2D eigenvalue weighted by atomic mass is 10.0. The third-order valence-corrected chi connectivity index (χ3v) is 2.87. The van der Waals surface area contributed by atoms with Gasteiger partial charge >= 0.3 is 12.1 Å². The largest absolute Gasteiger partial charge is 0.469 e. The van der Waals surface area contributed by atoms with E-state index in [9.17, 15) is 18.0 Å². The van der Waals surface area contributed by atoms with Gasteiger partial charge in [0.05, 0.1) is 19.4 Å². The van der Waals surface area contributed by atoms with Crippen molar-refractivity contribution < 1.29 is 22.7 Å². The predicted molar refractivity (Wildman–Crippen MR) is 49.7 cm³/mol. The molecule has 1 unspecified atom stereocenters. The van der Waals surface area contributed by atoms with Gasteiger partial charge in [0.1, 0.15) is 0 Å². The van der Waals surface area contributed by atoms with Gasteiger partial charge in [0.15, 0.2) is 0 Å². The van der Waals surface area contributed by atoms with E-state index in [1.165, 1.54) is 12.1 Å². The van der Waals surface area contributed by atoms with Crippen LogP contribution in [0.5, 0.6) is 0 Å². The van der Waals surface area contributed by atoms with Gasteiger partial charge in [0, 0.05) is 4.88 Å². The Hall–Kier alpha value is -1.04. The smallest absolute Gasteiger partial charge is 0.397 e. The highest BCUT2D eigenvalue weighted by atomic mass is 32.1. The van der Waals surface area contributed by atoms with Crippen LogP contribution in [-0.4, -0.2) is 19.3 Å². The van der Waals surface area contributed by atoms with Crippen LogP contribution in [0.1, 0.15) is 17.2 Å². The van der Waals surface area contributed by atoms with Crippen molar-refractivity contribution in [3.8, 4) is 0 Å². The number of methoxy groups -OCH3 is 1. The second-order valence-electron chi connectivity index (χ2n) is 2.89. The van der Waals surface area contributed by atoms with Crippen LogP contribution < -0.4 is 0 Å². The van der Waals surface area contributed by atoms with E-state index >= 15 is 0 Å². The summed E-state index contributed by atoms with van der Waals surface area (Å²) < 4.78 is 42.0. The first-order chi connectivity index (χ1) is 6.95. The van der Waals surface area contributed by atoms with Gasteiger partial charge in [-0.15, -0.1) is 11.3 Å². The number of carbonyl (C=O) groups is 1. The first kappa shape index (κ1) is 12.0. The molecule has 2 nitrogen and oxygen atoms in total. The molecular weight excluding hydrogens is 229 g/mol. The summed E-state index contributed by atoms with van der Waals surface area (Å²) in [5, 5.41) is 1.55. The third kappa shape index (κ3) is 3.23. The van der Waals surface area contributed by atoms with Crippen LogP contribution in [0.4, 0.5) is 13.2 Å². The van der Waals surface area contributed by atoms with E-state index in [1.807, 2.05) is 0 Å². The normalized spacial score (nSPS) is 13.6. The van der Waals surface area contributed by atoms with Gasteiger partial charge in [0.2, 0.25) is 0 Å². The first-order valence-electron chi connectivity index (χ1n) is 4.12. The van der Waals surface area contributed by atoms with Crippen molar-refractivity contribution in [1.29, 1.82) is 0 Å². The average Bonchev–Trinajstić information content (AvgIpc) is 2.64. The molecule has 0 aromatic carbocycles. The summed E-state index contributed by atoms with van der Waals surface area (Å²) in [6, 6.07) is 2.89. The fraction of sp³-hybridized carbons (Fsp3) is 0.444. The maximum absolute atomic E-state index is 12.6. The number of ether oxygens (including phenoxy) is 1. The predicted octanol–water partition coefficient (Wildman–Crippen LogP) is 2.96. The monoisotopic (exact) mass is 238 g/mol. The standard InChI is InChI=1S/C9H9F3O2S/c1-14-8(13)5-6(9(10,11)12)7-3-2-4-15-7/h2-4,6H,5H2,1H3. The number of thiophene rings is 1. The van der Waals surface area contributed by atoms with Crippen molar-refractivity contribution >= 4 is 17.3 Å². The first-order valence-corrected chi connectivity index (χ1v) is 5.00. The van der Waals surface area contributed by atoms with Crippen LogP contribution in [0.25, 0.3) is 0 Å². The molecule has 0 N–H and O–H groups in total. The topological polar surface area (TPSA) is 26.3 Å². The average molecular weight is 238 g/mol. The van der Waals surface area contributed by atoms with Crippen molar-refractivity contribution in [2.45, 2.75) is 18.5 Å². The Morgan fingerprint density at radius 2 is 2.27 bits per heavy atom. The molecule has 0 fully saturated rings. The summed E-state index contributed by atoms with van der Waals surface area (Å²) in [7, 11) is 1.07. The van der Waals surface area contributed by atoms with E-state index in [-0.39, 0.29) is 4.88 Å². The number of rotatable bonds is 3. The Kier molecular flexibility index (Phi) is 3.73. The minimum Gasteiger partial charge on any atom is -0.469 e. The molecule has 0 bridgehead atoms. The number of hydrogen-bond acceptors (Lipinski definition) is 3. The Bertz CT molecular complexity index is 319. The second kappa shape index (κ2) is 4.65. The van der Waals surface area contributed by atoms with Crippen LogP contribution in [0.15, 0.2) is 17.5 Å². The summed E-state index contributed by atoms with van der Waals surface area (Å²) in [5.74, 6) is -2.62. The van der Waals surface area contributed by atoms with E-state index in [0.29, 0.717) is 0 Å². The van der Waals surface area contributed by atoms with Crippen molar-refractivity contribution in [2.75, 3.05) is 7.11 Å². The lowest BCUT2D eigenvalue weighted by molar-refractivity contribution is -0.164. The molecule has 0 aliphatic heterocycles. The van der Waals surface area contributed by atoms with Crippen LogP contribution >= 0.6 is 11.3 Å². The molecule has 15 heavy (non-hydrogen) atoms. The molecule has 0 aliphatic carbocycles. The van der Waals surface area contributed by atoms with Gasteiger partial charge in [-0.25, -0.2) is 0 Å². The van der Waals surface area contributed by atoms with Crippen molar-refractivity contribution in [1.82, 2.24) is 0 Å². The number of hydrogen-bond donors (Lipinski definition) is 0. The molecule has 0 saturated carbocycles. The maximum atomic E-state index is 12.6. The molecule has 1 aromatic heterocycles. The molecule has 1 atom stereocenters. The molecule has 1 heterocycles. The minimum atomic E-state index is -4.42. The van der Waals surface area contributed by atoms with Crippen molar-refractivity contribution in [3.63, 3.8) is 0 Å². The van der Waals surface area contributed by atoms with Crippen molar-refractivity contribution in [3.05, 3.63) is 22.4 Å². The van der Waals surface area contributed by atoms with E-state index in [2.05, 4.69) is 4.74 Å². The highest BCUT2D eigenvalue weighted by Gasteiger charge is 2.42. The van der Waals surface area contributed by atoms with Crippen LogP contribution in [0, 0.1) is 0 Å². The SMILES string of the molecule is COC(=O)CC(c1cccs1)C(F)(F)F. The summed E-state index contributed by atoms with van der Waals surface area (Å²) in [4.78, 5) is 11.0. The fourth-order valence-corrected chi connectivity index (χ4v) is 1.97. The van der Waals surface area contributed by atoms with Gasteiger partial charge in [-0.2, -0.15) is 13.2 Å². The van der Waals surface area contributed by atoms with Gasteiger partial charge in [-0.05, 0) is 11.4 Å². The lowest BCUT2D eigenvalue weighted by Crippen LogP contribution is -2.23. The van der Waals surface area contributed by atoms with Gasteiger partial charge < -0.3 is 4.74 Å². The quantitative estimate of drug-likeness (QED) is 0.757. The summed E-state index contributed by atoms with van der Waals surface area (Å²) in [5.41, 5.74) is 0. The number of alkyl halides is 3. The highest BCUT2D eigenvalue weighted by molar-refractivity contribution is 7.10. The molecule has 0 amide bonds. The molecule has 0 spiro atoms. The number of esters is 1. The molecule has 6 heteroatoms. The second-order valence-corrected chi connectivity index (χ2v) is 3.87. The molecule has 1 aromatic rings. The Labute approximate surface area is 88.7 Å². The van der Waals surface area contributed by atoms with Crippen LogP contribution in [-0.2, 0) is 9.53 Å². The summed E-state index contributed by atoms with van der Waals surface area (Å²) in [6.45, 7) is 0. The van der Waals surface area contributed by atoms with Crippen LogP contribution in [0.3, 0.4) is 0 Å². The highest BCUT2D eigenvalue weighted by Crippen LogP contribution is 2.39. The maximum Gasteiger partial charge on any atom is 0.397 e. The zero-order chi connectivity index (χ0) is 11.5. The zero-order valence-electron chi connectivity index (χ0n) is 7.88. The molecule has 0 aliphatic rings. The van der Waals surface area contributed by atoms with Gasteiger partial charge in [-0.3, -0.25) is 4.79 Å². The van der Waals surface area contributed by atoms with Gasteiger partial charge in [-0.1, -0.05) is 6.07 Å². The Balaban J connectivity index is 2.85. The number of halogens is 3. The Morgan fingerprint density at radius 3 is 2.67 bits per heavy atom. The molecule has 0 radical (unpaired) electrons. The Morgan fingerprint density at radius 1 is 1.60 bits per heavy atom.